The average Bonchev–Trinajstić information content (AvgIpc) is 2.43. The molecule has 0 unspecified atom stereocenters. The highest BCUT2D eigenvalue weighted by atomic mass is 35.5. The zero-order valence-electron chi connectivity index (χ0n) is 11.0. The van der Waals surface area contributed by atoms with Gasteiger partial charge in [0.05, 0.1) is 12.7 Å². The highest BCUT2D eigenvalue weighted by molar-refractivity contribution is 6.31. The summed E-state index contributed by atoms with van der Waals surface area (Å²) in [6.45, 7) is 2.55. The number of carbonyl (C=O) groups excluding carboxylic acids is 1. The quantitative estimate of drug-likeness (QED) is 0.871. The number of carbonyl (C=O) groups is 1. The van der Waals surface area contributed by atoms with Gasteiger partial charge in [0.1, 0.15) is 5.78 Å². The third-order valence-electron chi connectivity index (χ3n) is 3.37. The largest absolute Gasteiger partial charge is 0.378 e. The second-order valence-corrected chi connectivity index (χ2v) is 5.28. The first-order valence-electron chi connectivity index (χ1n) is 6.83. The van der Waals surface area contributed by atoms with E-state index in [1.165, 1.54) is 0 Å². The fourth-order valence-corrected chi connectivity index (χ4v) is 2.45. The molecule has 1 fully saturated rings. The zero-order chi connectivity index (χ0) is 13.5. The zero-order valence-corrected chi connectivity index (χ0v) is 11.8. The second-order valence-electron chi connectivity index (χ2n) is 4.88. The molecule has 2 rings (SSSR count). The molecule has 0 aromatic heterocycles. The molecule has 104 valence electrons. The molecule has 0 spiro atoms. The average molecular weight is 282 g/mol. The lowest BCUT2D eigenvalue weighted by atomic mass is 10.1. The van der Waals surface area contributed by atoms with Crippen LogP contribution in [0.3, 0.4) is 0 Å². The number of piperidine rings is 1. The minimum absolute atomic E-state index is 0.182. The molecule has 1 aromatic rings. The van der Waals surface area contributed by atoms with Gasteiger partial charge in [-0.15, -0.1) is 0 Å². The molecule has 0 aliphatic carbocycles. The summed E-state index contributed by atoms with van der Waals surface area (Å²) in [4.78, 5) is 11.9. The lowest BCUT2D eigenvalue weighted by Gasteiger charge is -2.22. The normalized spacial score (nSPS) is 16.5. The molecule has 0 bridgehead atoms. The van der Waals surface area contributed by atoms with Crippen LogP contribution in [-0.2, 0) is 16.0 Å². The van der Waals surface area contributed by atoms with Gasteiger partial charge >= 0.3 is 0 Å². The van der Waals surface area contributed by atoms with Crippen molar-refractivity contribution in [1.82, 2.24) is 5.32 Å². The van der Waals surface area contributed by atoms with Crippen LogP contribution in [0.15, 0.2) is 24.3 Å². The van der Waals surface area contributed by atoms with Crippen LogP contribution in [0, 0.1) is 0 Å². The van der Waals surface area contributed by atoms with Crippen molar-refractivity contribution in [2.45, 2.75) is 31.8 Å². The van der Waals surface area contributed by atoms with Gasteiger partial charge < -0.3 is 10.1 Å². The Hall–Kier alpha value is -0.900. The van der Waals surface area contributed by atoms with Crippen molar-refractivity contribution in [1.29, 1.82) is 0 Å². The Morgan fingerprint density at radius 1 is 1.32 bits per heavy atom. The molecule has 3 nitrogen and oxygen atoms in total. The number of hydrogen-bond acceptors (Lipinski definition) is 3. The molecule has 19 heavy (non-hydrogen) atoms. The Kier molecular flexibility index (Phi) is 5.83. The fraction of sp³-hybridized carbons (Fsp3) is 0.533. The highest BCUT2D eigenvalue weighted by Gasteiger charge is 2.14. The van der Waals surface area contributed by atoms with Gasteiger partial charge in [0, 0.05) is 17.9 Å². The van der Waals surface area contributed by atoms with Crippen molar-refractivity contribution in [2.24, 2.45) is 0 Å². The van der Waals surface area contributed by atoms with Crippen molar-refractivity contribution < 1.29 is 9.53 Å². The third-order valence-corrected chi connectivity index (χ3v) is 3.73. The molecule has 0 atom stereocenters. The molecule has 1 heterocycles. The van der Waals surface area contributed by atoms with E-state index in [1.54, 1.807) is 0 Å². The Balaban J connectivity index is 1.68. The number of nitrogens with one attached hydrogen (secondary N) is 1. The first kappa shape index (κ1) is 14.5. The molecule has 1 N–H and O–H groups in total. The maximum atomic E-state index is 11.9. The van der Waals surface area contributed by atoms with E-state index in [0.29, 0.717) is 30.6 Å². The molecule has 0 saturated carbocycles. The molecule has 1 aliphatic heterocycles. The van der Waals surface area contributed by atoms with Crippen LogP contribution in [0.25, 0.3) is 0 Å². The molecular formula is C15H20ClNO2. The number of ketones is 1. The van der Waals surface area contributed by atoms with Gasteiger partial charge in [0.2, 0.25) is 0 Å². The van der Waals surface area contributed by atoms with Gasteiger partial charge in [-0.25, -0.2) is 0 Å². The summed E-state index contributed by atoms with van der Waals surface area (Å²) >= 11 is 6.03. The van der Waals surface area contributed by atoms with Crippen LogP contribution in [0.5, 0.6) is 0 Å². The Morgan fingerprint density at radius 2 is 2.05 bits per heavy atom. The maximum Gasteiger partial charge on any atom is 0.139 e. The first-order chi connectivity index (χ1) is 9.25. The summed E-state index contributed by atoms with van der Waals surface area (Å²) < 4.78 is 5.73. The van der Waals surface area contributed by atoms with Crippen LogP contribution < -0.4 is 5.32 Å². The monoisotopic (exact) mass is 281 g/mol. The van der Waals surface area contributed by atoms with E-state index in [9.17, 15) is 4.79 Å². The van der Waals surface area contributed by atoms with E-state index >= 15 is 0 Å². The SMILES string of the molecule is O=C(CCOC1CCNCC1)Cc1ccccc1Cl. The van der Waals surface area contributed by atoms with Gasteiger partial charge in [-0.05, 0) is 37.6 Å². The molecule has 0 amide bonds. The van der Waals surface area contributed by atoms with Gasteiger partial charge in [-0.3, -0.25) is 4.79 Å². The Morgan fingerprint density at radius 3 is 2.79 bits per heavy atom. The number of ether oxygens (including phenoxy) is 1. The standard InChI is InChI=1S/C15H20ClNO2/c16-15-4-2-1-3-12(15)11-13(18)7-10-19-14-5-8-17-9-6-14/h1-4,14,17H,5-11H2. The van der Waals surface area contributed by atoms with Crippen molar-refractivity contribution in [2.75, 3.05) is 19.7 Å². The molecule has 1 saturated heterocycles. The van der Waals surface area contributed by atoms with Crippen LogP contribution in [0.1, 0.15) is 24.8 Å². The predicted octanol–water partition coefficient (Wildman–Crippen LogP) is 2.61. The summed E-state index contributed by atoms with van der Waals surface area (Å²) in [5, 5.41) is 3.95. The molecule has 1 aromatic carbocycles. The van der Waals surface area contributed by atoms with Crippen molar-refractivity contribution in [3.63, 3.8) is 0 Å². The summed E-state index contributed by atoms with van der Waals surface area (Å²) in [7, 11) is 0. The minimum atomic E-state index is 0.182. The van der Waals surface area contributed by atoms with E-state index in [2.05, 4.69) is 5.32 Å². The lowest BCUT2D eigenvalue weighted by Crippen LogP contribution is -2.32. The topological polar surface area (TPSA) is 38.3 Å². The summed E-state index contributed by atoms with van der Waals surface area (Å²) in [5.74, 6) is 0.182. The van der Waals surface area contributed by atoms with E-state index in [4.69, 9.17) is 16.3 Å². The number of benzene rings is 1. The molecule has 1 aliphatic rings. The summed E-state index contributed by atoms with van der Waals surface area (Å²) in [5.41, 5.74) is 0.899. The van der Waals surface area contributed by atoms with E-state index in [1.807, 2.05) is 24.3 Å². The lowest BCUT2D eigenvalue weighted by molar-refractivity contribution is -0.120. The number of rotatable bonds is 6. The highest BCUT2D eigenvalue weighted by Crippen LogP contribution is 2.16. The smallest absolute Gasteiger partial charge is 0.139 e. The molecule has 4 heteroatoms. The van der Waals surface area contributed by atoms with Crippen LogP contribution in [0.4, 0.5) is 0 Å². The third kappa shape index (κ3) is 4.94. The summed E-state index contributed by atoms with van der Waals surface area (Å²) in [6, 6.07) is 7.49. The number of Topliss-reactive ketones (excluding diaryl/α,β-unsaturated/α-hetero) is 1. The number of hydrogen-bond donors (Lipinski definition) is 1. The number of halogens is 1. The maximum absolute atomic E-state index is 11.9. The molecular weight excluding hydrogens is 262 g/mol. The minimum Gasteiger partial charge on any atom is -0.378 e. The summed E-state index contributed by atoms with van der Waals surface area (Å²) in [6.07, 6.45) is 3.26. The van der Waals surface area contributed by atoms with Gasteiger partial charge in [-0.2, -0.15) is 0 Å². The Labute approximate surface area is 119 Å². The Bertz CT molecular complexity index is 416. The predicted molar refractivity (Wildman–Crippen MR) is 76.6 cm³/mol. The van der Waals surface area contributed by atoms with Crippen LogP contribution in [-0.4, -0.2) is 31.6 Å². The van der Waals surface area contributed by atoms with Gasteiger partial charge in [-0.1, -0.05) is 29.8 Å². The van der Waals surface area contributed by atoms with Gasteiger partial charge in [0.25, 0.3) is 0 Å². The fourth-order valence-electron chi connectivity index (χ4n) is 2.24. The van der Waals surface area contributed by atoms with Crippen molar-refractivity contribution >= 4 is 17.4 Å². The van der Waals surface area contributed by atoms with Crippen molar-refractivity contribution in [3.05, 3.63) is 34.9 Å². The molecule has 0 radical (unpaired) electrons. The van der Waals surface area contributed by atoms with E-state index in [-0.39, 0.29) is 5.78 Å². The second kappa shape index (κ2) is 7.63. The van der Waals surface area contributed by atoms with Crippen LogP contribution >= 0.6 is 11.6 Å². The first-order valence-corrected chi connectivity index (χ1v) is 7.21. The van der Waals surface area contributed by atoms with Crippen molar-refractivity contribution in [3.8, 4) is 0 Å². The van der Waals surface area contributed by atoms with E-state index < -0.39 is 0 Å². The van der Waals surface area contributed by atoms with E-state index in [0.717, 1.165) is 31.5 Å². The van der Waals surface area contributed by atoms with Gasteiger partial charge in [0.15, 0.2) is 0 Å². The van der Waals surface area contributed by atoms with Crippen LogP contribution in [0.2, 0.25) is 5.02 Å².